The summed E-state index contributed by atoms with van der Waals surface area (Å²) in [6, 6.07) is 13.2. The van der Waals surface area contributed by atoms with Gasteiger partial charge >= 0.3 is 0 Å². The Morgan fingerprint density at radius 1 is 1.20 bits per heavy atom. The fourth-order valence-corrected chi connectivity index (χ4v) is 4.66. The van der Waals surface area contributed by atoms with Gasteiger partial charge < -0.3 is 4.74 Å². The number of carbonyl (C=O) groups excluding carboxylic acids is 1. The van der Waals surface area contributed by atoms with Gasteiger partial charge in [0.2, 0.25) is 0 Å². The molecule has 0 saturated carbocycles. The van der Waals surface area contributed by atoms with Crippen LogP contribution < -0.4 is 4.90 Å². The summed E-state index contributed by atoms with van der Waals surface area (Å²) in [7, 11) is 0. The molecule has 0 aliphatic carbocycles. The molecule has 4 rings (SSSR count). The monoisotopic (exact) mass is 465 g/mol. The average Bonchev–Trinajstić information content (AvgIpc) is 3.15. The van der Waals surface area contributed by atoms with Crippen LogP contribution in [0.4, 0.5) is 5.13 Å². The van der Waals surface area contributed by atoms with E-state index >= 15 is 0 Å². The molecule has 1 aliphatic rings. The van der Waals surface area contributed by atoms with E-state index in [-0.39, 0.29) is 18.3 Å². The summed E-state index contributed by atoms with van der Waals surface area (Å²) in [4.78, 5) is 22.2. The van der Waals surface area contributed by atoms with Crippen LogP contribution in [0, 0.1) is 6.92 Å². The van der Waals surface area contributed by atoms with E-state index in [0.717, 1.165) is 54.6 Å². The third-order valence-electron chi connectivity index (χ3n) is 5.06. The lowest BCUT2D eigenvalue weighted by molar-refractivity contribution is 0.0376. The number of rotatable bonds is 6. The van der Waals surface area contributed by atoms with Crippen LogP contribution in [-0.2, 0) is 4.74 Å². The average molecular weight is 466 g/mol. The number of halogens is 2. The molecule has 160 valence electrons. The maximum absolute atomic E-state index is 13.3. The highest BCUT2D eigenvalue weighted by molar-refractivity contribution is 7.22. The first kappa shape index (κ1) is 23.0. The Bertz CT molecular complexity index is 988. The highest BCUT2D eigenvalue weighted by atomic mass is 35.5. The molecule has 0 spiro atoms. The van der Waals surface area contributed by atoms with E-state index in [1.807, 2.05) is 11.0 Å². The molecule has 0 unspecified atom stereocenters. The molecule has 3 aromatic rings. The van der Waals surface area contributed by atoms with E-state index in [0.29, 0.717) is 17.1 Å². The van der Waals surface area contributed by atoms with Gasteiger partial charge in [-0.3, -0.25) is 14.6 Å². The lowest BCUT2D eigenvalue weighted by Crippen LogP contribution is -2.39. The van der Waals surface area contributed by atoms with Crippen LogP contribution in [0.25, 0.3) is 10.2 Å². The summed E-state index contributed by atoms with van der Waals surface area (Å²) in [5.74, 6) is -0.0422. The topological polar surface area (TPSA) is 45.7 Å². The van der Waals surface area contributed by atoms with Crippen LogP contribution in [0.3, 0.4) is 0 Å². The quantitative estimate of drug-likeness (QED) is 0.510. The highest BCUT2D eigenvalue weighted by Gasteiger charge is 2.22. The van der Waals surface area contributed by atoms with Crippen molar-refractivity contribution in [1.29, 1.82) is 0 Å². The molecule has 0 atom stereocenters. The van der Waals surface area contributed by atoms with Gasteiger partial charge in [-0.05, 0) is 55.3 Å². The minimum atomic E-state index is -0.0422. The number of fused-ring (bicyclic) bond motifs is 1. The number of hydrogen-bond donors (Lipinski definition) is 0. The molecule has 0 bridgehead atoms. The van der Waals surface area contributed by atoms with E-state index in [4.69, 9.17) is 21.3 Å². The van der Waals surface area contributed by atoms with Gasteiger partial charge in [0, 0.05) is 36.8 Å². The van der Waals surface area contributed by atoms with Gasteiger partial charge in [0.05, 0.1) is 23.4 Å². The highest BCUT2D eigenvalue weighted by Crippen LogP contribution is 2.30. The van der Waals surface area contributed by atoms with E-state index in [9.17, 15) is 4.79 Å². The van der Waals surface area contributed by atoms with Crippen molar-refractivity contribution in [3.8, 4) is 0 Å². The molecular weight excluding hydrogens is 441 g/mol. The van der Waals surface area contributed by atoms with E-state index in [2.05, 4.69) is 24.0 Å². The van der Waals surface area contributed by atoms with Crippen LogP contribution >= 0.6 is 35.3 Å². The fraction of sp³-hybridized carbons (Fsp3) is 0.364. The lowest BCUT2D eigenvalue weighted by Gasteiger charge is -2.27. The third-order valence-corrected chi connectivity index (χ3v) is 6.35. The summed E-state index contributed by atoms with van der Waals surface area (Å²) in [6.45, 7) is 7.10. The van der Waals surface area contributed by atoms with Crippen LogP contribution in [0.2, 0.25) is 5.02 Å². The van der Waals surface area contributed by atoms with E-state index < -0.39 is 0 Å². The normalized spacial score (nSPS) is 14.5. The molecular formula is C22H25Cl2N3O2S. The summed E-state index contributed by atoms with van der Waals surface area (Å²) in [6.07, 6.45) is 0.883. The summed E-state index contributed by atoms with van der Waals surface area (Å²) in [5.41, 5.74) is 2.74. The maximum atomic E-state index is 13.3. The van der Waals surface area contributed by atoms with Gasteiger partial charge in [-0.2, -0.15) is 0 Å². The van der Waals surface area contributed by atoms with E-state index in [1.54, 1.807) is 35.6 Å². The number of anilines is 1. The van der Waals surface area contributed by atoms with Gasteiger partial charge in [0.15, 0.2) is 5.13 Å². The number of amides is 1. The summed E-state index contributed by atoms with van der Waals surface area (Å²) < 4.78 is 6.52. The predicted octanol–water partition coefficient (Wildman–Crippen LogP) is 5.05. The predicted molar refractivity (Wildman–Crippen MR) is 127 cm³/mol. The minimum Gasteiger partial charge on any atom is -0.379 e. The largest absolute Gasteiger partial charge is 0.379 e. The number of morpholine rings is 1. The Morgan fingerprint density at radius 3 is 2.67 bits per heavy atom. The van der Waals surface area contributed by atoms with Crippen molar-refractivity contribution in [3.63, 3.8) is 0 Å². The summed E-state index contributed by atoms with van der Waals surface area (Å²) in [5, 5.41) is 1.36. The van der Waals surface area contributed by atoms with Gasteiger partial charge in [-0.1, -0.05) is 29.0 Å². The Kier molecular flexibility index (Phi) is 8.08. The van der Waals surface area contributed by atoms with Crippen molar-refractivity contribution in [2.45, 2.75) is 13.3 Å². The molecule has 5 nitrogen and oxygen atoms in total. The SMILES string of the molecule is Cc1ccc2nc(N(CCCN3CCOCC3)C(=O)c3ccc(Cl)cc3)sc2c1.Cl. The number of nitrogens with zero attached hydrogens (tertiary/aromatic N) is 3. The second kappa shape index (κ2) is 10.6. The first-order valence-electron chi connectivity index (χ1n) is 9.85. The van der Waals surface area contributed by atoms with Crippen molar-refractivity contribution >= 4 is 56.6 Å². The molecule has 1 aromatic heterocycles. The van der Waals surface area contributed by atoms with Gasteiger partial charge in [0.25, 0.3) is 5.91 Å². The molecule has 0 radical (unpaired) electrons. The molecule has 1 aliphatic heterocycles. The van der Waals surface area contributed by atoms with Crippen molar-refractivity contribution in [2.24, 2.45) is 0 Å². The first-order valence-corrected chi connectivity index (χ1v) is 11.0. The first-order chi connectivity index (χ1) is 14.1. The van der Waals surface area contributed by atoms with Crippen LogP contribution in [0.1, 0.15) is 22.3 Å². The number of carbonyl (C=O) groups is 1. The Hall–Kier alpha value is -1.70. The van der Waals surface area contributed by atoms with Crippen LogP contribution in [0.5, 0.6) is 0 Å². The number of aryl methyl sites for hydroxylation is 1. The maximum Gasteiger partial charge on any atom is 0.260 e. The zero-order chi connectivity index (χ0) is 20.2. The molecule has 1 fully saturated rings. The zero-order valence-corrected chi connectivity index (χ0v) is 19.2. The lowest BCUT2D eigenvalue weighted by atomic mass is 10.2. The standard InChI is InChI=1S/C22H24ClN3O2S.ClH/c1-16-3-8-19-20(15-16)29-22(24-19)26(10-2-9-25-11-13-28-14-12-25)21(27)17-4-6-18(23)7-5-17;/h3-8,15H,2,9-14H2,1H3;1H. The van der Waals surface area contributed by atoms with Crippen molar-refractivity contribution in [1.82, 2.24) is 9.88 Å². The molecule has 0 N–H and O–H groups in total. The number of benzene rings is 2. The molecule has 1 saturated heterocycles. The Morgan fingerprint density at radius 2 is 1.93 bits per heavy atom. The second-order valence-corrected chi connectivity index (χ2v) is 8.68. The van der Waals surface area contributed by atoms with Crippen LogP contribution in [-0.4, -0.2) is 55.2 Å². The molecule has 2 heterocycles. The van der Waals surface area contributed by atoms with Crippen molar-refractivity contribution < 1.29 is 9.53 Å². The third kappa shape index (κ3) is 5.50. The van der Waals surface area contributed by atoms with Gasteiger partial charge in [-0.25, -0.2) is 4.98 Å². The Labute approximate surface area is 192 Å². The fourth-order valence-electron chi connectivity index (χ4n) is 3.44. The zero-order valence-electron chi connectivity index (χ0n) is 16.8. The number of thiazole rings is 1. The van der Waals surface area contributed by atoms with Gasteiger partial charge in [0.1, 0.15) is 0 Å². The van der Waals surface area contributed by atoms with Crippen LogP contribution in [0.15, 0.2) is 42.5 Å². The Balaban J connectivity index is 0.00000256. The number of aromatic nitrogens is 1. The van der Waals surface area contributed by atoms with Crippen molar-refractivity contribution in [2.75, 3.05) is 44.3 Å². The van der Waals surface area contributed by atoms with E-state index in [1.165, 1.54) is 5.56 Å². The summed E-state index contributed by atoms with van der Waals surface area (Å²) >= 11 is 7.57. The molecule has 30 heavy (non-hydrogen) atoms. The van der Waals surface area contributed by atoms with Crippen molar-refractivity contribution in [3.05, 3.63) is 58.6 Å². The molecule has 2 aromatic carbocycles. The minimum absolute atomic E-state index is 0. The molecule has 1 amide bonds. The number of hydrogen-bond acceptors (Lipinski definition) is 5. The second-order valence-electron chi connectivity index (χ2n) is 7.24. The molecule has 8 heteroatoms. The smallest absolute Gasteiger partial charge is 0.260 e. The van der Waals surface area contributed by atoms with Gasteiger partial charge in [-0.15, -0.1) is 12.4 Å². The number of ether oxygens (including phenoxy) is 1.